The number of thiazole rings is 1. The van der Waals surface area contributed by atoms with Crippen molar-refractivity contribution in [1.29, 1.82) is 0 Å². The van der Waals surface area contributed by atoms with Gasteiger partial charge in [-0.1, -0.05) is 19.1 Å². The molecule has 1 fully saturated rings. The number of rotatable bonds is 5. The van der Waals surface area contributed by atoms with Crippen molar-refractivity contribution in [3.8, 4) is 10.4 Å². The Bertz CT molecular complexity index is 1050. The third-order valence-corrected chi connectivity index (χ3v) is 6.69. The second kappa shape index (κ2) is 9.09. The number of amides is 1. The molecule has 0 aliphatic carbocycles. The summed E-state index contributed by atoms with van der Waals surface area (Å²) in [7, 11) is 0. The number of hydrogen-bond donors (Lipinski definition) is 1. The van der Waals surface area contributed by atoms with Gasteiger partial charge in [-0.2, -0.15) is 0 Å². The number of piperidine rings is 1. The molecule has 3 aromatic rings. The minimum absolute atomic E-state index is 0.00854. The van der Waals surface area contributed by atoms with Gasteiger partial charge in [-0.3, -0.25) is 4.79 Å². The molecular formula is C23H26FN5OS. The predicted octanol–water partition coefficient (Wildman–Crippen LogP) is 4.71. The Morgan fingerprint density at radius 2 is 1.94 bits per heavy atom. The maximum Gasteiger partial charge on any atom is 0.274 e. The van der Waals surface area contributed by atoms with E-state index >= 15 is 0 Å². The molecule has 2 aromatic heterocycles. The number of aryl methyl sites for hydroxylation is 2. The number of likely N-dealkylation sites (tertiary alicyclic amines) is 1. The van der Waals surface area contributed by atoms with E-state index in [4.69, 9.17) is 0 Å². The van der Waals surface area contributed by atoms with Crippen LogP contribution < -0.4 is 5.32 Å². The van der Waals surface area contributed by atoms with Crippen molar-refractivity contribution >= 4 is 23.2 Å². The van der Waals surface area contributed by atoms with Crippen LogP contribution in [-0.2, 0) is 0 Å². The molecular weight excluding hydrogens is 413 g/mol. The second-order valence-electron chi connectivity index (χ2n) is 8.07. The summed E-state index contributed by atoms with van der Waals surface area (Å²) in [6, 6.07) is 6.23. The quantitative estimate of drug-likeness (QED) is 0.623. The first-order chi connectivity index (χ1) is 14.9. The van der Waals surface area contributed by atoms with E-state index in [2.05, 4.69) is 27.2 Å². The SMILES string of the molecule is Cc1cnc(NC[C@@H]2C(C)CCCN2C(=O)c2nc(C)sc2-c2ccc(F)cc2)nc1. The first-order valence-corrected chi connectivity index (χ1v) is 11.3. The van der Waals surface area contributed by atoms with Crippen LogP contribution in [0.15, 0.2) is 36.7 Å². The Balaban J connectivity index is 1.58. The van der Waals surface area contributed by atoms with E-state index in [1.807, 2.05) is 18.7 Å². The maximum atomic E-state index is 13.6. The lowest BCUT2D eigenvalue weighted by molar-refractivity contribution is 0.0535. The smallest absolute Gasteiger partial charge is 0.274 e. The van der Waals surface area contributed by atoms with Gasteiger partial charge in [0, 0.05) is 25.5 Å². The van der Waals surface area contributed by atoms with Crippen molar-refractivity contribution in [1.82, 2.24) is 19.9 Å². The zero-order chi connectivity index (χ0) is 22.0. The Labute approximate surface area is 185 Å². The number of nitrogens with zero attached hydrogens (tertiary/aromatic N) is 4. The molecule has 0 bridgehead atoms. The lowest BCUT2D eigenvalue weighted by Crippen LogP contribution is -2.51. The summed E-state index contributed by atoms with van der Waals surface area (Å²) in [6.07, 6.45) is 5.57. The third-order valence-electron chi connectivity index (χ3n) is 5.67. The van der Waals surface area contributed by atoms with E-state index in [0.717, 1.165) is 33.9 Å². The van der Waals surface area contributed by atoms with Crippen molar-refractivity contribution in [3.63, 3.8) is 0 Å². The summed E-state index contributed by atoms with van der Waals surface area (Å²) in [5, 5.41) is 4.11. The average molecular weight is 440 g/mol. The minimum Gasteiger partial charge on any atom is -0.352 e. The lowest BCUT2D eigenvalue weighted by atomic mass is 9.90. The van der Waals surface area contributed by atoms with Crippen LogP contribution in [0.1, 0.15) is 40.8 Å². The molecule has 0 radical (unpaired) electrons. The van der Waals surface area contributed by atoms with Crippen LogP contribution in [0, 0.1) is 25.6 Å². The van der Waals surface area contributed by atoms with E-state index < -0.39 is 0 Å². The van der Waals surface area contributed by atoms with Gasteiger partial charge < -0.3 is 10.2 Å². The normalized spacial score (nSPS) is 18.8. The number of benzene rings is 1. The molecule has 31 heavy (non-hydrogen) atoms. The lowest BCUT2D eigenvalue weighted by Gasteiger charge is -2.40. The van der Waals surface area contributed by atoms with Gasteiger partial charge in [-0.05, 0) is 55.9 Å². The highest BCUT2D eigenvalue weighted by molar-refractivity contribution is 7.15. The molecule has 1 amide bonds. The van der Waals surface area contributed by atoms with Gasteiger partial charge in [0.1, 0.15) is 11.5 Å². The minimum atomic E-state index is -0.299. The van der Waals surface area contributed by atoms with E-state index in [1.54, 1.807) is 24.5 Å². The van der Waals surface area contributed by atoms with Crippen LogP contribution >= 0.6 is 11.3 Å². The first-order valence-electron chi connectivity index (χ1n) is 10.5. The van der Waals surface area contributed by atoms with Gasteiger partial charge in [0.05, 0.1) is 15.9 Å². The van der Waals surface area contributed by atoms with Crippen LogP contribution in [-0.4, -0.2) is 44.9 Å². The fraction of sp³-hybridized carbons (Fsp3) is 0.391. The van der Waals surface area contributed by atoms with E-state index in [1.165, 1.54) is 23.5 Å². The van der Waals surface area contributed by atoms with Gasteiger partial charge in [0.15, 0.2) is 0 Å². The van der Waals surface area contributed by atoms with Crippen LogP contribution in [0.3, 0.4) is 0 Å². The Morgan fingerprint density at radius 3 is 2.65 bits per heavy atom. The molecule has 162 valence electrons. The molecule has 2 atom stereocenters. The standard InChI is InChI=1S/C23H26FN5OS/c1-14-11-25-23(26-12-14)27-13-19-15(2)5-4-10-29(19)22(30)20-21(31-16(3)28-20)17-6-8-18(24)9-7-17/h6-9,11-12,15,19H,4-5,10,13H2,1-3H3,(H,25,26,27)/t15?,19-/m1/s1. The summed E-state index contributed by atoms with van der Waals surface area (Å²) < 4.78 is 13.4. The number of aromatic nitrogens is 3. The van der Waals surface area contributed by atoms with Crippen molar-refractivity contribution in [2.75, 3.05) is 18.4 Å². The van der Waals surface area contributed by atoms with Crippen molar-refractivity contribution in [3.05, 3.63) is 58.7 Å². The van der Waals surface area contributed by atoms with Crippen LogP contribution in [0.4, 0.5) is 10.3 Å². The fourth-order valence-corrected chi connectivity index (χ4v) is 4.91. The third kappa shape index (κ3) is 4.74. The zero-order valence-electron chi connectivity index (χ0n) is 17.9. The molecule has 1 unspecified atom stereocenters. The molecule has 3 heterocycles. The molecule has 1 saturated heterocycles. The highest BCUT2D eigenvalue weighted by Gasteiger charge is 2.34. The topological polar surface area (TPSA) is 71.0 Å². The van der Waals surface area contributed by atoms with E-state index in [9.17, 15) is 9.18 Å². The average Bonchev–Trinajstić information content (AvgIpc) is 3.15. The molecule has 6 nitrogen and oxygen atoms in total. The molecule has 1 aromatic carbocycles. The van der Waals surface area contributed by atoms with E-state index in [-0.39, 0.29) is 17.8 Å². The fourth-order valence-electron chi connectivity index (χ4n) is 4.00. The zero-order valence-corrected chi connectivity index (χ0v) is 18.7. The number of halogens is 1. The van der Waals surface area contributed by atoms with Crippen LogP contribution in [0.2, 0.25) is 0 Å². The molecule has 8 heteroatoms. The Kier molecular flexibility index (Phi) is 6.27. The van der Waals surface area contributed by atoms with Gasteiger partial charge in [-0.15, -0.1) is 11.3 Å². The Hall–Kier alpha value is -2.87. The highest BCUT2D eigenvalue weighted by Crippen LogP contribution is 2.33. The van der Waals surface area contributed by atoms with Gasteiger partial charge in [0.25, 0.3) is 5.91 Å². The van der Waals surface area contributed by atoms with Crippen molar-refractivity contribution in [2.45, 2.75) is 39.7 Å². The molecule has 0 spiro atoms. The predicted molar refractivity (Wildman–Crippen MR) is 121 cm³/mol. The van der Waals surface area contributed by atoms with Gasteiger partial charge in [-0.25, -0.2) is 19.3 Å². The van der Waals surface area contributed by atoms with E-state index in [0.29, 0.717) is 30.6 Å². The molecule has 4 rings (SSSR count). The highest BCUT2D eigenvalue weighted by atomic mass is 32.1. The Morgan fingerprint density at radius 1 is 1.23 bits per heavy atom. The summed E-state index contributed by atoms with van der Waals surface area (Å²) >= 11 is 1.46. The molecule has 1 N–H and O–H groups in total. The monoisotopic (exact) mass is 439 g/mol. The summed E-state index contributed by atoms with van der Waals surface area (Å²) in [5.41, 5.74) is 2.25. The van der Waals surface area contributed by atoms with Crippen molar-refractivity contribution < 1.29 is 9.18 Å². The number of anilines is 1. The summed E-state index contributed by atoms with van der Waals surface area (Å²) in [6.45, 7) is 7.27. The largest absolute Gasteiger partial charge is 0.352 e. The molecule has 0 saturated carbocycles. The maximum absolute atomic E-state index is 13.6. The van der Waals surface area contributed by atoms with Crippen LogP contribution in [0.25, 0.3) is 10.4 Å². The summed E-state index contributed by atoms with van der Waals surface area (Å²) in [5.74, 6) is 0.524. The number of carbonyl (C=O) groups excluding carboxylic acids is 1. The second-order valence-corrected chi connectivity index (χ2v) is 9.27. The number of hydrogen-bond acceptors (Lipinski definition) is 6. The van der Waals surface area contributed by atoms with Gasteiger partial charge >= 0.3 is 0 Å². The summed E-state index contributed by atoms with van der Waals surface area (Å²) in [4.78, 5) is 29.5. The number of carbonyl (C=O) groups is 1. The van der Waals surface area contributed by atoms with Crippen molar-refractivity contribution in [2.24, 2.45) is 5.92 Å². The first kappa shape index (κ1) is 21.4. The van der Waals surface area contributed by atoms with Gasteiger partial charge in [0.2, 0.25) is 5.95 Å². The van der Waals surface area contributed by atoms with Crippen LogP contribution in [0.5, 0.6) is 0 Å². The molecule has 1 aliphatic rings. The number of nitrogens with one attached hydrogen (secondary N) is 1. The molecule has 1 aliphatic heterocycles.